The van der Waals surface area contributed by atoms with Crippen molar-refractivity contribution >= 4 is 21.7 Å². The zero-order valence-corrected chi connectivity index (χ0v) is 14.1. The predicted octanol–water partition coefficient (Wildman–Crippen LogP) is 4.74. The zero-order valence-electron chi connectivity index (χ0n) is 12.5. The van der Waals surface area contributed by atoms with Crippen LogP contribution in [-0.4, -0.2) is 16.5 Å². The van der Waals surface area contributed by atoms with Crippen LogP contribution < -0.4 is 5.32 Å². The molecule has 0 saturated carbocycles. The molecule has 0 aliphatic rings. The molecule has 0 unspecified atom stereocenters. The summed E-state index contributed by atoms with van der Waals surface area (Å²) in [5, 5.41) is 3.34. The van der Waals surface area contributed by atoms with E-state index < -0.39 is 0 Å². The van der Waals surface area contributed by atoms with E-state index in [1.807, 2.05) is 6.92 Å². The van der Waals surface area contributed by atoms with Crippen molar-refractivity contribution in [1.82, 2.24) is 9.97 Å². The number of nitrogens with one attached hydrogen (secondary N) is 1. The average Bonchev–Trinajstić information content (AvgIpc) is 2.49. The lowest BCUT2D eigenvalue weighted by atomic mass is 10.1. The van der Waals surface area contributed by atoms with Crippen LogP contribution in [0.5, 0.6) is 0 Å². The van der Waals surface area contributed by atoms with Gasteiger partial charge in [-0.05, 0) is 53.9 Å². The van der Waals surface area contributed by atoms with Crippen molar-refractivity contribution < 1.29 is 4.39 Å². The fraction of sp³-hybridized carbons (Fsp3) is 0.375. The van der Waals surface area contributed by atoms with Gasteiger partial charge in [0.2, 0.25) is 0 Å². The van der Waals surface area contributed by atoms with Crippen LogP contribution in [0.15, 0.2) is 22.7 Å². The predicted molar refractivity (Wildman–Crippen MR) is 88.0 cm³/mol. The molecule has 0 atom stereocenters. The number of halogens is 2. The summed E-state index contributed by atoms with van der Waals surface area (Å²) in [6.07, 6.45) is 1.87. The second kappa shape index (κ2) is 6.98. The fourth-order valence-corrected chi connectivity index (χ4v) is 2.47. The smallest absolute Gasteiger partial charge is 0.161 e. The third-order valence-corrected chi connectivity index (χ3v) is 3.91. The molecule has 3 nitrogen and oxygen atoms in total. The molecule has 112 valence electrons. The molecule has 1 aromatic heterocycles. The monoisotopic (exact) mass is 351 g/mol. The van der Waals surface area contributed by atoms with Gasteiger partial charge < -0.3 is 5.32 Å². The van der Waals surface area contributed by atoms with Crippen LogP contribution >= 0.6 is 15.9 Å². The highest BCUT2D eigenvalue weighted by atomic mass is 79.9. The lowest BCUT2D eigenvalue weighted by molar-refractivity contribution is 0.621. The molecule has 0 fully saturated rings. The zero-order chi connectivity index (χ0) is 15.4. The molecule has 0 radical (unpaired) electrons. The van der Waals surface area contributed by atoms with Gasteiger partial charge in [0.25, 0.3) is 0 Å². The van der Waals surface area contributed by atoms with Crippen LogP contribution in [0.2, 0.25) is 0 Å². The highest BCUT2D eigenvalue weighted by Crippen LogP contribution is 2.26. The summed E-state index contributed by atoms with van der Waals surface area (Å²) in [7, 11) is 0. The highest BCUT2D eigenvalue weighted by molar-refractivity contribution is 9.10. The topological polar surface area (TPSA) is 37.8 Å². The minimum atomic E-state index is -0.286. The van der Waals surface area contributed by atoms with Crippen molar-refractivity contribution in [3.8, 4) is 11.4 Å². The average molecular weight is 352 g/mol. The Bertz CT molecular complexity index is 644. The first kappa shape index (κ1) is 15.9. The van der Waals surface area contributed by atoms with E-state index >= 15 is 0 Å². The molecule has 1 aromatic carbocycles. The van der Waals surface area contributed by atoms with Crippen molar-refractivity contribution in [3.63, 3.8) is 0 Å². The standard InChI is InChI=1S/C16H19BrFN3/c1-4-8-19-15-10(3)14(5-2)20-16(21-15)11-6-7-13(18)12(17)9-11/h6-7,9H,4-5,8H2,1-3H3,(H,19,20,21). The molecule has 1 heterocycles. The molecule has 0 aliphatic carbocycles. The van der Waals surface area contributed by atoms with E-state index in [1.54, 1.807) is 12.1 Å². The summed E-state index contributed by atoms with van der Waals surface area (Å²) >= 11 is 3.21. The van der Waals surface area contributed by atoms with Gasteiger partial charge >= 0.3 is 0 Å². The number of nitrogens with zero attached hydrogens (tertiary/aromatic N) is 2. The molecule has 0 bridgehead atoms. The maximum absolute atomic E-state index is 13.4. The molecular formula is C16H19BrFN3. The maximum Gasteiger partial charge on any atom is 0.161 e. The lowest BCUT2D eigenvalue weighted by Gasteiger charge is -2.13. The van der Waals surface area contributed by atoms with E-state index in [9.17, 15) is 4.39 Å². The molecule has 0 saturated heterocycles. The molecule has 1 N–H and O–H groups in total. The van der Waals surface area contributed by atoms with Crippen molar-refractivity contribution in [3.05, 3.63) is 39.7 Å². The summed E-state index contributed by atoms with van der Waals surface area (Å²) in [5.74, 6) is 1.20. The molecular weight excluding hydrogens is 333 g/mol. The fourth-order valence-electron chi connectivity index (χ4n) is 2.09. The van der Waals surface area contributed by atoms with E-state index in [2.05, 4.69) is 45.1 Å². The van der Waals surface area contributed by atoms with E-state index in [1.165, 1.54) is 6.07 Å². The van der Waals surface area contributed by atoms with E-state index in [4.69, 9.17) is 0 Å². The molecule has 0 spiro atoms. The van der Waals surface area contributed by atoms with Gasteiger partial charge in [-0.1, -0.05) is 13.8 Å². The number of anilines is 1. The Morgan fingerprint density at radius 3 is 2.62 bits per heavy atom. The van der Waals surface area contributed by atoms with E-state index in [-0.39, 0.29) is 5.82 Å². The Hall–Kier alpha value is -1.49. The first-order valence-electron chi connectivity index (χ1n) is 7.13. The van der Waals surface area contributed by atoms with Gasteiger partial charge in [-0.2, -0.15) is 0 Å². The van der Waals surface area contributed by atoms with Crippen LogP contribution in [0, 0.1) is 12.7 Å². The number of benzene rings is 1. The molecule has 2 rings (SSSR count). The van der Waals surface area contributed by atoms with Crippen molar-refractivity contribution in [2.45, 2.75) is 33.6 Å². The number of aromatic nitrogens is 2. The highest BCUT2D eigenvalue weighted by Gasteiger charge is 2.12. The Labute approximate surface area is 133 Å². The van der Waals surface area contributed by atoms with Gasteiger partial charge in [0.05, 0.1) is 4.47 Å². The van der Waals surface area contributed by atoms with Crippen LogP contribution in [0.3, 0.4) is 0 Å². The molecule has 0 amide bonds. The Kier molecular flexibility index (Phi) is 5.28. The van der Waals surface area contributed by atoms with Crippen LogP contribution in [-0.2, 0) is 6.42 Å². The van der Waals surface area contributed by atoms with Crippen LogP contribution in [0.1, 0.15) is 31.5 Å². The number of hydrogen-bond donors (Lipinski definition) is 1. The summed E-state index contributed by atoms with van der Waals surface area (Å²) < 4.78 is 13.8. The van der Waals surface area contributed by atoms with Gasteiger partial charge in [0.15, 0.2) is 5.82 Å². The SMILES string of the molecule is CCCNc1nc(-c2ccc(F)c(Br)c2)nc(CC)c1C. The second-order valence-electron chi connectivity index (χ2n) is 4.88. The summed E-state index contributed by atoms with van der Waals surface area (Å²) in [6, 6.07) is 4.84. The minimum Gasteiger partial charge on any atom is -0.370 e. The van der Waals surface area contributed by atoms with E-state index in [0.717, 1.165) is 42.0 Å². The largest absolute Gasteiger partial charge is 0.370 e. The van der Waals surface area contributed by atoms with Gasteiger partial charge in [-0.25, -0.2) is 14.4 Å². The molecule has 21 heavy (non-hydrogen) atoms. The maximum atomic E-state index is 13.4. The molecule has 5 heteroatoms. The third kappa shape index (κ3) is 3.59. The lowest BCUT2D eigenvalue weighted by Crippen LogP contribution is -2.08. The number of rotatable bonds is 5. The van der Waals surface area contributed by atoms with Crippen molar-refractivity contribution in [1.29, 1.82) is 0 Å². The minimum absolute atomic E-state index is 0.286. The van der Waals surface area contributed by atoms with Crippen LogP contribution in [0.4, 0.5) is 10.2 Å². The summed E-state index contributed by atoms with van der Waals surface area (Å²) in [6.45, 7) is 7.08. The Morgan fingerprint density at radius 1 is 1.24 bits per heavy atom. The first-order valence-corrected chi connectivity index (χ1v) is 7.92. The van der Waals surface area contributed by atoms with Gasteiger partial charge in [0.1, 0.15) is 11.6 Å². The summed E-state index contributed by atoms with van der Waals surface area (Å²) in [5.41, 5.74) is 2.90. The first-order chi connectivity index (χ1) is 10.1. The van der Waals surface area contributed by atoms with E-state index in [0.29, 0.717) is 10.3 Å². The third-order valence-electron chi connectivity index (χ3n) is 3.30. The van der Waals surface area contributed by atoms with Crippen molar-refractivity contribution in [2.75, 3.05) is 11.9 Å². The Morgan fingerprint density at radius 2 is 2.00 bits per heavy atom. The second-order valence-corrected chi connectivity index (χ2v) is 5.73. The quantitative estimate of drug-likeness (QED) is 0.845. The normalized spacial score (nSPS) is 10.7. The number of hydrogen-bond acceptors (Lipinski definition) is 3. The Balaban J connectivity index is 2.49. The van der Waals surface area contributed by atoms with Crippen LogP contribution in [0.25, 0.3) is 11.4 Å². The van der Waals surface area contributed by atoms with Gasteiger partial charge in [-0.15, -0.1) is 0 Å². The van der Waals surface area contributed by atoms with Crippen molar-refractivity contribution in [2.24, 2.45) is 0 Å². The van der Waals surface area contributed by atoms with Gasteiger partial charge in [0, 0.05) is 23.4 Å². The summed E-state index contributed by atoms with van der Waals surface area (Å²) in [4.78, 5) is 9.20. The number of aryl methyl sites for hydroxylation is 1. The molecule has 2 aromatic rings. The molecule has 0 aliphatic heterocycles. The van der Waals surface area contributed by atoms with Gasteiger partial charge in [-0.3, -0.25) is 0 Å².